The molecule has 31 heavy (non-hydrogen) atoms. The third-order valence-electron chi connectivity index (χ3n) is 5.54. The number of pyridine rings is 1. The van der Waals surface area contributed by atoms with Crippen molar-refractivity contribution in [3.05, 3.63) is 58.8 Å². The fourth-order valence-corrected chi connectivity index (χ4v) is 3.96. The minimum Gasteiger partial charge on any atom is -0.384 e. The van der Waals surface area contributed by atoms with E-state index in [1.54, 1.807) is 30.5 Å². The standard InChI is InChI=1S/C22H23N5O4/c23-17-8-6-13(11-25-17)3-2-10-24-12-14-4-1-5-15-19(14)22(31)27(21(15)30)16-7-9-18(28)26-20(16)29/h1,4-6,8,11,16,24H,2-3,7,9-10,12H2,(H2,23,25)(H,26,28,29). The molecule has 2 aliphatic rings. The van der Waals surface area contributed by atoms with Gasteiger partial charge in [0.15, 0.2) is 0 Å². The second-order valence-electron chi connectivity index (χ2n) is 7.66. The maximum atomic E-state index is 13.1. The summed E-state index contributed by atoms with van der Waals surface area (Å²) in [6.45, 7) is 1.14. The van der Waals surface area contributed by atoms with E-state index in [0.29, 0.717) is 35.6 Å². The number of hydrogen-bond acceptors (Lipinski definition) is 7. The number of nitrogen functional groups attached to an aromatic ring is 1. The Morgan fingerprint density at radius 2 is 1.97 bits per heavy atom. The smallest absolute Gasteiger partial charge is 0.262 e. The Morgan fingerprint density at radius 1 is 1.13 bits per heavy atom. The van der Waals surface area contributed by atoms with E-state index in [2.05, 4.69) is 15.6 Å². The third-order valence-corrected chi connectivity index (χ3v) is 5.54. The fourth-order valence-electron chi connectivity index (χ4n) is 3.96. The van der Waals surface area contributed by atoms with Crippen molar-refractivity contribution in [3.8, 4) is 0 Å². The van der Waals surface area contributed by atoms with Crippen molar-refractivity contribution >= 4 is 29.4 Å². The summed E-state index contributed by atoms with van der Waals surface area (Å²) in [7, 11) is 0. The van der Waals surface area contributed by atoms with Crippen LogP contribution in [0.2, 0.25) is 0 Å². The van der Waals surface area contributed by atoms with Gasteiger partial charge in [-0.2, -0.15) is 0 Å². The second-order valence-corrected chi connectivity index (χ2v) is 7.66. The van der Waals surface area contributed by atoms with Gasteiger partial charge in [-0.3, -0.25) is 29.4 Å². The van der Waals surface area contributed by atoms with E-state index in [1.165, 1.54) is 0 Å². The highest BCUT2D eigenvalue weighted by Gasteiger charge is 2.45. The number of nitrogens with two attached hydrogens (primary N) is 1. The van der Waals surface area contributed by atoms with E-state index in [4.69, 9.17) is 5.73 Å². The third kappa shape index (κ3) is 4.17. The molecule has 1 unspecified atom stereocenters. The molecule has 0 aliphatic carbocycles. The number of anilines is 1. The van der Waals surface area contributed by atoms with Crippen molar-refractivity contribution < 1.29 is 19.2 Å². The van der Waals surface area contributed by atoms with E-state index >= 15 is 0 Å². The summed E-state index contributed by atoms with van der Waals surface area (Å²) in [5.74, 6) is -1.49. The van der Waals surface area contributed by atoms with Crippen molar-refractivity contribution in [2.45, 2.75) is 38.3 Å². The lowest BCUT2D eigenvalue weighted by atomic mass is 10.0. The van der Waals surface area contributed by atoms with Crippen molar-refractivity contribution in [1.29, 1.82) is 0 Å². The number of hydrogen-bond donors (Lipinski definition) is 3. The molecule has 0 saturated carbocycles. The van der Waals surface area contributed by atoms with Crippen LogP contribution in [0.15, 0.2) is 36.5 Å². The first-order chi connectivity index (χ1) is 15.0. The first-order valence-corrected chi connectivity index (χ1v) is 10.2. The summed E-state index contributed by atoms with van der Waals surface area (Å²) in [4.78, 5) is 54.6. The molecule has 4 rings (SSSR count). The Bertz CT molecular complexity index is 1050. The number of nitrogens with one attached hydrogen (secondary N) is 2. The van der Waals surface area contributed by atoms with Crippen molar-refractivity contribution in [2.75, 3.05) is 12.3 Å². The predicted molar refractivity (Wildman–Crippen MR) is 112 cm³/mol. The van der Waals surface area contributed by atoms with Gasteiger partial charge in [0, 0.05) is 19.2 Å². The normalized spacial score (nSPS) is 18.3. The Balaban J connectivity index is 1.39. The van der Waals surface area contributed by atoms with E-state index in [1.807, 2.05) is 6.07 Å². The summed E-state index contributed by atoms with van der Waals surface area (Å²) in [5.41, 5.74) is 8.01. The molecule has 160 valence electrons. The number of nitrogens with zero attached hydrogens (tertiary/aromatic N) is 2. The Morgan fingerprint density at radius 3 is 2.71 bits per heavy atom. The zero-order valence-electron chi connectivity index (χ0n) is 16.9. The van der Waals surface area contributed by atoms with E-state index in [9.17, 15) is 19.2 Å². The number of fused-ring (bicyclic) bond motifs is 1. The first-order valence-electron chi connectivity index (χ1n) is 10.2. The minimum absolute atomic E-state index is 0.0990. The van der Waals surface area contributed by atoms with E-state index < -0.39 is 29.7 Å². The number of piperidine rings is 1. The van der Waals surface area contributed by atoms with Gasteiger partial charge in [0.25, 0.3) is 11.8 Å². The molecule has 1 aromatic heterocycles. The molecule has 0 bridgehead atoms. The number of carbonyl (C=O) groups excluding carboxylic acids is 4. The molecule has 2 aliphatic heterocycles. The van der Waals surface area contributed by atoms with Crippen LogP contribution in [-0.4, -0.2) is 46.1 Å². The second kappa shape index (κ2) is 8.65. The van der Waals surface area contributed by atoms with Crippen LogP contribution in [0.3, 0.4) is 0 Å². The molecule has 9 nitrogen and oxygen atoms in total. The molecule has 3 heterocycles. The van der Waals surface area contributed by atoms with Gasteiger partial charge in [-0.1, -0.05) is 18.2 Å². The molecule has 4 N–H and O–H groups in total. The molecule has 2 aromatic rings. The lowest BCUT2D eigenvalue weighted by Crippen LogP contribution is -2.54. The summed E-state index contributed by atoms with van der Waals surface area (Å²) >= 11 is 0. The average Bonchev–Trinajstić information content (AvgIpc) is 3.00. The largest absolute Gasteiger partial charge is 0.384 e. The maximum absolute atomic E-state index is 13.1. The van der Waals surface area contributed by atoms with Crippen molar-refractivity contribution in [3.63, 3.8) is 0 Å². The topological polar surface area (TPSA) is 134 Å². The van der Waals surface area contributed by atoms with Gasteiger partial charge in [0.2, 0.25) is 11.8 Å². The van der Waals surface area contributed by atoms with Crippen LogP contribution in [0.25, 0.3) is 0 Å². The summed E-state index contributed by atoms with van der Waals surface area (Å²) < 4.78 is 0. The first kappa shape index (κ1) is 20.7. The number of rotatable bonds is 7. The Hall–Kier alpha value is -3.59. The molecule has 9 heteroatoms. The van der Waals surface area contributed by atoms with Gasteiger partial charge in [-0.05, 0) is 49.1 Å². The van der Waals surface area contributed by atoms with Gasteiger partial charge < -0.3 is 11.1 Å². The molecule has 0 spiro atoms. The van der Waals surface area contributed by atoms with Crippen LogP contribution in [0, 0.1) is 0 Å². The van der Waals surface area contributed by atoms with Gasteiger partial charge >= 0.3 is 0 Å². The summed E-state index contributed by atoms with van der Waals surface area (Å²) in [6, 6.07) is 7.88. The molecular weight excluding hydrogens is 398 g/mol. The zero-order chi connectivity index (χ0) is 22.0. The lowest BCUT2D eigenvalue weighted by molar-refractivity contribution is -0.136. The minimum atomic E-state index is -0.959. The molecule has 0 radical (unpaired) electrons. The van der Waals surface area contributed by atoms with E-state index in [0.717, 1.165) is 23.3 Å². The highest BCUT2D eigenvalue weighted by Crippen LogP contribution is 2.29. The number of benzene rings is 1. The number of aromatic nitrogens is 1. The zero-order valence-corrected chi connectivity index (χ0v) is 16.9. The average molecular weight is 421 g/mol. The van der Waals surface area contributed by atoms with Crippen LogP contribution in [0.1, 0.15) is 51.1 Å². The van der Waals surface area contributed by atoms with Crippen molar-refractivity contribution in [2.24, 2.45) is 0 Å². The lowest BCUT2D eigenvalue weighted by Gasteiger charge is -2.27. The highest BCUT2D eigenvalue weighted by atomic mass is 16.2. The van der Waals surface area contributed by atoms with Gasteiger partial charge in [0.1, 0.15) is 11.9 Å². The molecular formula is C22H23N5O4. The molecule has 4 amide bonds. The summed E-state index contributed by atoms with van der Waals surface area (Å²) in [6.07, 6.45) is 3.71. The maximum Gasteiger partial charge on any atom is 0.262 e. The van der Waals surface area contributed by atoms with Crippen LogP contribution >= 0.6 is 0 Å². The fraction of sp³-hybridized carbons (Fsp3) is 0.318. The van der Waals surface area contributed by atoms with Crippen molar-refractivity contribution in [1.82, 2.24) is 20.5 Å². The number of aryl methyl sites for hydroxylation is 1. The van der Waals surface area contributed by atoms with Gasteiger partial charge in [0.05, 0.1) is 11.1 Å². The van der Waals surface area contributed by atoms with Gasteiger partial charge in [-0.15, -0.1) is 0 Å². The Labute approximate surface area is 179 Å². The molecule has 1 saturated heterocycles. The summed E-state index contributed by atoms with van der Waals surface area (Å²) in [5, 5.41) is 5.51. The highest BCUT2D eigenvalue weighted by molar-refractivity contribution is 6.24. The van der Waals surface area contributed by atoms with Gasteiger partial charge in [-0.25, -0.2) is 4.98 Å². The van der Waals surface area contributed by atoms with E-state index in [-0.39, 0.29) is 12.8 Å². The Kier molecular flexibility index (Phi) is 5.77. The van der Waals surface area contributed by atoms with Crippen LogP contribution in [-0.2, 0) is 22.6 Å². The number of carbonyl (C=O) groups is 4. The number of imide groups is 2. The monoisotopic (exact) mass is 421 g/mol. The molecule has 1 atom stereocenters. The SMILES string of the molecule is Nc1ccc(CCCNCc2cccc3c2C(=O)N(C2CCC(=O)NC2=O)C3=O)cn1. The molecule has 1 fully saturated rings. The van der Waals surface area contributed by atoms with Crippen LogP contribution in [0.5, 0.6) is 0 Å². The quantitative estimate of drug-likeness (QED) is 0.444. The predicted octanol–water partition coefficient (Wildman–Crippen LogP) is 0.787. The molecule has 1 aromatic carbocycles. The van der Waals surface area contributed by atoms with Crippen LogP contribution < -0.4 is 16.4 Å². The number of amides is 4. The van der Waals surface area contributed by atoms with Crippen LogP contribution in [0.4, 0.5) is 5.82 Å².